The van der Waals surface area contributed by atoms with Crippen LogP contribution < -0.4 is 11.1 Å². The fraction of sp³-hybridized carbons (Fsp3) is 0.533. The van der Waals surface area contributed by atoms with E-state index in [1.165, 1.54) is 0 Å². The van der Waals surface area contributed by atoms with Crippen LogP contribution in [0.15, 0.2) is 35.5 Å². The van der Waals surface area contributed by atoms with Crippen molar-refractivity contribution in [3.05, 3.63) is 35.9 Å². The van der Waals surface area contributed by atoms with Gasteiger partial charge in [-0.15, -0.1) is 0 Å². The van der Waals surface area contributed by atoms with Gasteiger partial charge >= 0.3 is 0 Å². The maximum absolute atomic E-state index is 8.92. The highest BCUT2D eigenvalue weighted by atomic mass is 16.5. The zero-order valence-corrected chi connectivity index (χ0v) is 12.5. The first kappa shape index (κ1) is 16.5. The molecule has 5 nitrogen and oxygen atoms in total. The van der Waals surface area contributed by atoms with Gasteiger partial charge < -0.3 is 21.0 Å². The number of nitrogens with two attached hydrogens (primary N) is 1. The number of amidine groups is 1. The molecule has 112 valence electrons. The second-order valence-corrected chi connectivity index (χ2v) is 5.31. The minimum absolute atomic E-state index is 0.154. The standard InChI is InChI=1S/C15H25N3O2/c1-4-20-15(2,3)11-17-10-13(14(16)18-19)12-8-6-5-7-9-12/h5-9,13,17,19H,4,10-11H2,1-3H3,(H2,16,18). The molecule has 0 aromatic heterocycles. The van der Waals surface area contributed by atoms with Crippen molar-refractivity contribution in [3.8, 4) is 0 Å². The molecular weight excluding hydrogens is 254 g/mol. The van der Waals surface area contributed by atoms with Crippen molar-refractivity contribution >= 4 is 5.84 Å². The Morgan fingerprint density at radius 2 is 2.05 bits per heavy atom. The van der Waals surface area contributed by atoms with Crippen molar-refractivity contribution < 1.29 is 9.94 Å². The van der Waals surface area contributed by atoms with Gasteiger partial charge in [0.1, 0.15) is 5.84 Å². The van der Waals surface area contributed by atoms with Crippen LogP contribution in [0.5, 0.6) is 0 Å². The van der Waals surface area contributed by atoms with Crippen LogP contribution in [0.3, 0.4) is 0 Å². The summed E-state index contributed by atoms with van der Waals surface area (Å²) < 4.78 is 5.63. The molecule has 0 heterocycles. The molecule has 1 aromatic carbocycles. The summed E-state index contributed by atoms with van der Waals surface area (Å²) in [6, 6.07) is 9.77. The third-order valence-electron chi connectivity index (χ3n) is 3.11. The molecule has 5 heteroatoms. The van der Waals surface area contributed by atoms with Crippen LogP contribution in [-0.4, -0.2) is 36.3 Å². The van der Waals surface area contributed by atoms with E-state index in [4.69, 9.17) is 15.7 Å². The zero-order valence-electron chi connectivity index (χ0n) is 12.5. The average Bonchev–Trinajstić information content (AvgIpc) is 2.43. The molecule has 4 N–H and O–H groups in total. The van der Waals surface area contributed by atoms with Gasteiger partial charge in [0, 0.05) is 19.7 Å². The van der Waals surface area contributed by atoms with Crippen molar-refractivity contribution in [2.45, 2.75) is 32.3 Å². The molecule has 0 radical (unpaired) electrons. The Balaban J connectivity index is 2.64. The van der Waals surface area contributed by atoms with E-state index in [1.807, 2.05) is 51.1 Å². The van der Waals surface area contributed by atoms with Crippen LogP contribution in [0.25, 0.3) is 0 Å². The van der Waals surface area contributed by atoms with Gasteiger partial charge in [-0.3, -0.25) is 0 Å². The number of hydrogen-bond donors (Lipinski definition) is 3. The molecule has 0 aliphatic heterocycles. The van der Waals surface area contributed by atoms with E-state index in [0.717, 1.165) is 5.56 Å². The third-order valence-corrected chi connectivity index (χ3v) is 3.11. The van der Waals surface area contributed by atoms with Gasteiger partial charge in [-0.2, -0.15) is 0 Å². The second kappa shape index (κ2) is 7.87. The molecule has 1 atom stereocenters. The molecule has 0 saturated heterocycles. The van der Waals surface area contributed by atoms with Gasteiger partial charge in [0.25, 0.3) is 0 Å². The van der Waals surface area contributed by atoms with Gasteiger partial charge in [-0.1, -0.05) is 35.5 Å². The molecule has 0 saturated carbocycles. The molecular formula is C15H25N3O2. The summed E-state index contributed by atoms with van der Waals surface area (Å²) in [4.78, 5) is 0. The van der Waals surface area contributed by atoms with E-state index >= 15 is 0 Å². The van der Waals surface area contributed by atoms with Crippen LogP contribution in [0.4, 0.5) is 0 Å². The van der Waals surface area contributed by atoms with Crippen molar-refractivity contribution in [1.29, 1.82) is 0 Å². The Hall–Kier alpha value is -1.59. The summed E-state index contributed by atoms with van der Waals surface area (Å²) in [7, 11) is 0. The lowest BCUT2D eigenvalue weighted by Gasteiger charge is -2.26. The molecule has 0 spiro atoms. The Kier molecular flexibility index (Phi) is 6.48. The Morgan fingerprint density at radius 1 is 1.40 bits per heavy atom. The maximum atomic E-state index is 8.92. The van der Waals surface area contributed by atoms with Crippen molar-refractivity contribution in [2.75, 3.05) is 19.7 Å². The highest BCUT2D eigenvalue weighted by Gasteiger charge is 2.20. The lowest BCUT2D eigenvalue weighted by molar-refractivity contribution is -0.00867. The topological polar surface area (TPSA) is 79.9 Å². The van der Waals surface area contributed by atoms with Crippen LogP contribution in [-0.2, 0) is 4.74 Å². The molecule has 0 bridgehead atoms. The average molecular weight is 279 g/mol. The Morgan fingerprint density at radius 3 is 2.60 bits per heavy atom. The first-order valence-corrected chi connectivity index (χ1v) is 6.87. The third kappa shape index (κ3) is 5.19. The lowest BCUT2D eigenvalue weighted by atomic mass is 9.97. The molecule has 1 aromatic rings. The van der Waals surface area contributed by atoms with E-state index in [2.05, 4.69) is 10.5 Å². The van der Waals surface area contributed by atoms with Crippen LogP contribution in [0, 0.1) is 0 Å². The largest absolute Gasteiger partial charge is 0.409 e. The number of hydrogen-bond acceptors (Lipinski definition) is 4. The number of oxime groups is 1. The van der Waals surface area contributed by atoms with Crippen molar-refractivity contribution in [1.82, 2.24) is 5.32 Å². The Labute approximate surface area is 120 Å². The van der Waals surface area contributed by atoms with Gasteiger partial charge in [-0.05, 0) is 26.3 Å². The summed E-state index contributed by atoms with van der Waals surface area (Å²) in [6.45, 7) is 8.01. The predicted octanol–water partition coefficient (Wildman–Crippen LogP) is 1.92. The quantitative estimate of drug-likeness (QED) is 0.294. The maximum Gasteiger partial charge on any atom is 0.147 e. The smallest absolute Gasteiger partial charge is 0.147 e. The van der Waals surface area contributed by atoms with E-state index in [-0.39, 0.29) is 17.4 Å². The van der Waals surface area contributed by atoms with Gasteiger partial charge in [0.15, 0.2) is 0 Å². The van der Waals surface area contributed by atoms with Crippen molar-refractivity contribution in [3.63, 3.8) is 0 Å². The lowest BCUT2D eigenvalue weighted by Crippen LogP contribution is -2.41. The van der Waals surface area contributed by atoms with E-state index in [9.17, 15) is 0 Å². The SMILES string of the molecule is CCOC(C)(C)CNCC(/C(N)=N/O)c1ccccc1. The van der Waals surface area contributed by atoms with E-state index in [1.54, 1.807) is 0 Å². The number of ether oxygens (including phenoxy) is 1. The molecule has 0 aliphatic carbocycles. The predicted molar refractivity (Wildman–Crippen MR) is 81.2 cm³/mol. The van der Waals surface area contributed by atoms with Gasteiger partial charge in [-0.25, -0.2) is 0 Å². The van der Waals surface area contributed by atoms with Crippen LogP contribution in [0.2, 0.25) is 0 Å². The molecule has 1 rings (SSSR count). The highest BCUT2D eigenvalue weighted by molar-refractivity contribution is 5.87. The zero-order chi connectivity index (χ0) is 15.0. The summed E-state index contributed by atoms with van der Waals surface area (Å²) in [6.07, 6.45) is 0. The second-order valence-electron chi connectivity index (χ2n) is 5.31. The summed E-state index contributed by atoms with van der Waals surface area (Å²) >= 11 is 0. The molecule has 20 heavy (non-hydrogen) atoms. The Bertz CT molecular complexity index is 418. The van der Waals surface area contributed by atoms with Gasteiger partial charge in [0.2, 0.25) is 0 Å². The van der Waals surface area contributed by atoms with Gasteiger partial charge in [0.05, 0.1) is 11.5 Å². The summed E-state index contributed by atoms with van der Waals surface area (Å²) in [5, 5.41) is 15.4. The molecule has 1 unspecified atom stereocenters. The number of nitrogens with one attached hydrogen (secondary N) is 1. The molecule has 0 fully saturated rings. The molecule has 0 amide bonds. The fourth-order valence-electron chi connectivity index (χ4n) is 2.11. The van der Waals surface area contributed by atoms with E-state index < -0.39 is 0 Å². The number of benzene rings is 1. The first-order valence-electron chi connectivity index (χ1n) is 6.87. The monoisotopic (exact) mass is 279 g/mol. The first-order chi connectivity index (χ1) is 9.50. The summed E-state index contributed by atoms with van der Waals surface area (Å²) in [5.41, 5.74) is 6.57. The molecule has 0 aliphatic rings. The fourth-order valence-corrected chi connectivity index (χ4v) is 2.11. The minimum atomic E-state index is -0.235. The highest BCUT2D eigenvalue weighted by Crippen LogP contribution is 2.15. The van der Waals surface area contributed by atoms with Crippen LogP contribution in [0.1, 0.15) is 32.3 Å². The summed E-state index contributed by atoms with van der Waals surface area (Å²) in [5.74, 6) is 0.0524. The van der Waals surface area contributed by atoms with E-state index in [0.29, 0.717) is 19.7 Å². The van der Waals surface area contributed by atoms with Crippen LogP contribution >= 0.6 is 0 Å². The number of nitrogens with zero attached hydrogens (tertiary/aromatic N) is 1. The normalized spacial score (nSPS) is 14.2. The number of rotatable bonds is 8. The van der Waals surface area contributed by atoms with Crippen molar-refractivity contribution in [2.24, 2.45) is 10.9 Å². The minimum Gasteiger partial charge on any atom is -0.409 e.